The third kappa shape index (κ3) is 5.19. The van der Waals surface area contributed by atoms with Crippen LogP contribution in [-0.4, -0.2) is 43.9 Å². The molecule has 1 aliphatic rings. The number of methoxy groups -OCH3 is 2. The van der Waals surface area contributed by atoms with Gasteiger partial charge in [-0.05, 0) is 61.3 Å². The van der Waals surface area contributed by atoms with Crippen LogP contribution < -0.4 is 20.1 Å². The Balaban J connectivity index is 1.89. The van der Waals surface area contributed by atoms with Crippen molar-refractivity contribution in [3.05, 3.63) is 58.7 Å². The zero-order valence-corrected chi connectivity index (χ0v) is 18.6. The first-order chi connectivity index (χ1) is 14.0. The van der Waals surface area contributed by atoms with Gasteiger partial charge in [0.05, 0.1) is 20.3 Å². The first-order valence-corrected chi connectivity index (χ1v) is 10.5. The normalized spacial score (nSPS) is 16.1. The summed E-state index contributed by atoms with van der Waals surface area (Å²) in [4.78, 5) is 2.51. The van der Waals surface area contributed by atoms with Gasteiger partial charge in [-0.25, -0.2) is 0 Å². The lowest BCUT2D eigenvalue weighted by Crippen LogP contribution is -2.44. The number of nitrogens with one attached hydrogen (secondary N) is 2. The van der Waals surface area contributed by atoms with E-state index < -0.39 is 0 Å². The zero-order valence-electron chi connectivity index (χ0n) is 17.7. The van der Waals surface area contributed by atoms with Gasteiger partial charge in [0.1, 0.15) is 0 Å². The highest BCUT2D eigenvalue weighted by Gasteiger charge is 2.29. The van der Waals surface area contributed by atoms with Gasteiger partial charge in [-0.1, -0.05) is 29.8 Å². The van der Waals surface area contributed by atoms with Crippen LogP contribution in [0.1, 0.15) is 35.2 Å². The van der Waals surface area contributed by atoms with Crippen molar-refractivity contribution in [2.24, 2.45) is 0 Å². The maximum atomic E-state index is 5.58. The van der Waals surface area contributed by atoms with E-state index in [-0.39, 0.29) is 6.04 Å². The van der Waals surface area contributed by atoms with E-state index >= 15 is 0 Å². The smallest absolute Gasteiger partial charge is 0.166 e. The molecule has 29 heavy (non-hydrogen) atoms. The summed E-state index contributed by atoms with van der Waals surface area (Å²) in [6.07, 6.45) is 0.982. The molecule has 2 aromatic carbocycles. The minimum absolute atomic E-state index is 0.191. The van der Waals surface area contributed by atoms with Crippen LogP contribution in [0.4, 0.5) is 0 Å². The van der Waals surface area contributed by atoms with E-state index in [1.54, 1.807) is 14.2 Å². The van der Waals surface area contributed by atoms with Crippen LogP contribution in [0.3, 0.4) is 0 Å². The summed E-state index contributed by atoms with van der Waals surface area (Å²) < 4.78 is 11.1. The van der Waals surface area contributed by atoms with Crippen LogP contribution in [-0.2, 0) is 13.0 Å². The number of rotatable bonds is 7. The molecule has 1 aliphatic heterocycles. The number of nitrogens with zero attached hydrogens (tertiary/aromatic N) is 1. The van der Waals surface area contributed by atoms with Crippen molar-refractivity contribution in [2.75, 3.05) is 33.9 Å². The van der Waals surface area contributed by atoms with Gasteiger partial charge in [0.2, 0.25) is 0 Å². The van der Waals surface area contributed by atoms with Gasteiger partial charge in [-0.3, -0.25) is 4.90 Å². The highest BCUT2D eigenvalue weighted by molar-refractivity contribution is 7.80. The molecule has 5 nitrogen and oxygen atoms in total. The SMILES string of the molecule is CCNC(=S)NC[C@H]1c2cc(OC)c(OC)cc2CCN1Cc1ccc(C)cc1. The summed E-state index contributed by atoms with van der Waals surface area (Å²) in [5.74, 6) is 1.55. The maximum absolute atomic E-state index is 5.58. The van der Waals surface area contributed by atoms with Crippen molar-refractivity contribution in [3.63, 3.8) is 0 Å². The fourth-order valence-electron chi connectivity index (χ4n) is 3.85. The van der Waals surface area contributed by atoms with Crippen molar-refractivity contribution < 1.29 is 9.47 Å². The number of benzene rings is 2. The molecule has 0 saturated carbocycles. The summed E-state index contributed by atoms with van der Waals surface area (Å²) in [5, 5.41) is 7.26. The molecule has 0 bridgehead atoms. The molecule has 156 valence electrons. The summed E-state index contributed by atoms with van der Waals surface area (Å²) in [6.45, 7) is 7.59. The number of ether oxygens (including phenoxy) is 2. The van der Waals surface area contributed by atoms with Crippen LogP contribution in [0.25, 0.3) is 0 Å². The lowest BCUT2D eigenvalue weighted by atomic mass is 9.91. The van der Waals surface area contributed by atoms with E-state index in [0.717, 1.165) is 44.1 Å². The second-order valence-electron chi connectivity index (χ2n) is 7.37. The predicted molar refractivity (Wildman–Crippen MR) is 122 cm³/mol. The van der Waals surface area contributed by atoms with Crippen LogP contribution >= 0.6 is 12.2 Å². The fraction of sp³-hybridized carbons (Fsp3) is 0.435. The van der Waals surface area contributed by atoms with E-state index in [2.05, 4.69) is 58.9 Å². The van der Waals surface area contributed by atoms with Gasteiger partial charge in [-0.2, -0.15) is 0 Å². The Labute approximate surface area is 179 Å². The first-order valence-electron chi connectivity index (χ1n) is 10.1. The lowest BCUT2D eigenvalue weighted by molar-refractivity contribution is 0.176. The Morgan fingerprint density at radius 3 is 2.45 bits per heavy atom. The molecule has 1 heterocycles. The van der Waals surface area contributed by atoms with Crippen LogP contribution in [0.15, 0.2) is 36.4 Å². The monoisotopic (exact) mass is 413 g/mol. The van der Waals surface area contributed by atoms with Crippen molar-refractivity contribution in [1.29, 1.82) is 0 Å². The molecular weight excluding hydrogens is 382 g/mol. The molecule has 0 amide bonds. The molecule has 0 fully saturated rings. The number of fused-ring (bicyclic) bond motifs is 1. The summed E-state index contributed by atoms with van der Waals surface area (Å²) in [6, 6.07) is 13.2. The number of aryl methyl sites for hydroxylation is 1. The third-order valence-corrected chi connectivity index (χ3v) is 5.70. The van der Waals surface area contributed by atoms with E-state index in [1.165, 1.54) is 22.3 Å². The third-order valence-electron chi connectivity index (χ3n) is 5.41. The van der Waals surface area contributed by atoms with Gasteiger partial charge in [0.25, 0.3) is 0 Å². The number of hydrogen-bond donors (Lipinski definition) is 2. The van der Waals surface area contributed by atoms with E-state index in [9.17, 15) is 0 Å². The molecule has 0 aromatic heterocycles. The van der Waals surface area contributed by atoms with Crippen molar-refractivity contribution in [1.82, 2.24) is 15.5 Å². The van der Waals surface area contributed by atoms with Crippen LogP contribution in [0, 0.1) is 6.92 Å². The molecule has 0 spiro atoms. The minimum atomic E-state index is 0.191. The van der Waals surface area contributed by atoms with E-state index in [0.29, 0.717) is 5.11 Å². The Kier molecular flexibility index (Phi) is 7.34. The van der Waals surface area contributed by atoms with Gasteiger partial charge >= 0.3 is 0 Å². The van der Waals surface area contributed by atoms with Gasteiger partial charge < -0.3 is 20.1 Å². The van der Waals surface area contributed by atoms with Crippen molar-refractivity contribution >= 4 is 17.3 Å². The summed E-state index contributed by atoms with van der Waals surface area (Å²) in [7, 11) is 3.37. The summed E-state index contributed by atoms with van der Waals surface area (Å²) in [5.41, 5.74) is 5.18. The predicted octanol–water partition coefficient (Wildman–Crippen LogP) is 3.60. The molecule has 3 rings (SSSR count). The van der Waals surface area contributed by atoms with Crippen molar-refractivity contribution in [2.45, 2.75) is 32.9 Å². The Morgan fingerprint density at radius 1 is 1.10 bits per heavy atom. The summed E-state index contributed by atoms with van der Waals surface area (Å²) >= 11 is 5.41. The van der Waals surface area contributed by atoms with E-state index in [1.807, 2.05) is 6.92 Å². The molecule has 0 aliphatic carbocycles. The molecule has 2 aromatic rings. The van der Waals surface area contributed by atoms with Crippen LogP contribution in [0.2, 0.25) is 0 Å². The second-order valence-corrected chi connectivity index (χ2v) is 7.78. The topological polar surface area (TPSA) is 45.8 Å². The highest BCUT2D eigenvalue weighted by atomic mass is 32.1. The highest BCUT2D eigenvalue weighted by Crippen LogP contribution is 2.38. The average molecular weight is 414 g/mol. The fourth-order valence-corrected chi connectivity index (χ4v) is 4.08. The molecular formula is C23H31N3O2S. The Hall–Kier alpha value is -2.31. The van der Waals surface area contributed by atoms with Gasteiger partial charge in [0.15, 0.2) is 16.6 Å². The quantitative estimate of drug-likeness (QED) is 0.677. The molecule has 0 unspecified atom stereocenters. The first kappa shape index (κ1) is 21.4. The molecule has 1 atom stereocenters. The second kappa shape index (κ2) is 9.94. The van der Waals surface area contributed by atoms with Crippen LogP contribution in [0.5, 0.6) is 11.5 Å². The standard InChI is InChI=1S/C23H31N3O2S/c1-5-24-23(29)25-14-20-19-13-22(28-4)21(27-3)12-18(19)10-11-26(20)15-17-8-6-16(2)7-9-17/h6-9,12-13,20H,5,10-11,14-15H2,1-4H3,(H2,24,25,29)/t20-/m0/s1. The van der Waals surface area contributed by atoms with Crippen molar-refractivity contribution in [3.8, 4) is 11.5 Å². The average Bonchev–Trinajstić information content (AvgIpc) is 2.73. The lowest BCUT2D eigenvalue weighted by Gasteiger charge is -2.38. The molecule has 0 saturated heterocycles. The number of hydrogen-bond acceptors (Lipinski definition) is 4. The molecule has 6 heteroatoms. The zero-order chi connectivity index (χ0) is 20.8. The molecule has 0 radical (unpaired) electrons. The number of thiocarbonyl (C=S) groups is 1. The Morgan fingerprint density at radius 2 is 1.79 bits per heavy atom. The van der Waals surface area contributed by atoms with E-state index in [4.69, 9.17) is 21.7 Å². The molecule has 2 N–H and O–H groups in total. The maximum Gasteiger partial charge on any atom is 0.166 e. The largest absolute Gasteiger partial charge is 0.493 e. The minimum Gasteiger partial charge on any atom is -0.493 e. The Bertz CT molecular complexity index is 839. The van der Waals surface area contributed by atoms with Gasteiger partial charge in [-0.15, -0.1) is 0 Å². The van der Waals surface area contributed by atoms with Gasteiger partial charge in [0, 0.05) is 26.2 Å².